The van der Waals surface area contributed by atoms with Crippen molar-refractivity contribution in [2.45, 2.75) is 0 Å². The number of thiocarbonyl (C=S) groups is 1. The van der Waals surface area contributed by atoms with E-state index in [9.17, 15) is 4.79 Å². The van der Waals surface area contributed by atoms with Gasteiger partial charge in [0.25, 0.3) is 0 Å². The lowest BCUT2D eigenvalue weighted by Crippen LogP contribution is -2.51. The number of hydrogen-bond donors (Lipinski definition) is 1. The van der Waals surface area contributed by atoms with Gasteiger partial charge in [-0.05, 0) is 12.2 Å². The summed E-state index contributed by atoms with van der Waals surface area (Å²) >= 11 is 4.82. The second-order valence-corrected chi connectivity index (χ2v) is 3.20. The highest BCUT2D eigenvalue weighted by Crippen LogP contribution is 2.02. The van der Waals surface area contributed by atoms with Crippen LogP contribution in [0.1, 0.15) is 0 Å². The number of amides is 1. The Bertz CT molecular complexity index is 214. The molecule has 1 aliphatic rings. The molecule has 0 radical (unpaired) electrons. The normalized spacial score (nSPS) is 17.0. The predicted octanol–water partition coefficient (Wildman–Crippen LogP) is -0.386. The monoisotopic (exact) mass is 203 g/mol. The van der Waals surface area contributed by atoms with Gasteiger partial charge in [0.1, 0.15) is 0 Å². The van der Waals surface area contributed by atoms with Gasteiger partial charge in [-0.1, -0.05) is 0 Å². The van der Waals surface area contributed by atoms with Gasteiger partial charge in [0.05, 0.1) is 7.11 Å². The van der Waals surface area contributed by atoms with Crippen LogP contribution in [0.4, 0.5) is 4.79 Å². The van der Waals surface area contributed by atoms with Crippen LogP contribution in [-0.4, -0.2) is 54.3 Å². The minimum atomic E-state index is -0.289. The molecule has 0 unspecified atom stereocenters. The molecule has 0 aromatic rings. The molecule has 0 aromatic heterocycles. The summed E-state index contributed by atoms with van der Waals surface area (Å²) in [4.78, 5) is 14.6. The Kier molecular flexibility index (Phi) is 3.30. The van der Waals surface area contributed by atoms with Crippen LogP contribution < -0.4 is 5.73 Å². The maximum absolute atomic E-state index is 11.1. The van der Waals surface area contributed by atoms with E-state index in [2.05, 4.69) is 4.74 Å². The van der Waals surface area contributed by atoms with E-state index < -0.39 is 0 Å². The molecule has 1 fully saturated rings. The molecule has 1 rings (SSSR count). The van der Waals surface area contributed by atoms with E-state index in [1.54, 1.807) is 4.90 Å². The van der Waals surface area contributed by atoms with Gasteiger partial charge in [0.2, 0.25) is 0 Å². The maximum atomic E-state index is 11.1. The number of carbonyl (C=O) groups is 1. The van der Waals surface area contributed by atoms with Crippen molar-refractivity contribution in [3.8, 4) is 0 Å². The first kappa shape index (κ1) is 10.0. The number of rotatable bonds is 0. The smallest absolute Gasteiger partial charge is 0.409 e. The average Bonchev–Trinajstić information content (AvgIpc) is 2.17. The van der Waals surface area contributed by atoms with Gasteiger partial charge in [-0.3, -0.25) is 0 Å². The van der Waals surface area contributed by atoms with E-state index in [0.29, 0.717) is 31.3 Å². The van der Waals surface area contributed by atoms with E-state index in [1.807, 2.05) is 4.90 Å². The molecule has 0 aromatic carbocycles. The minimum Gasteiger partial charge on any atom is -0.453 e. The summed E-state index contributed by atoms with van der Waals surface area (Å²) in [7, 11) is 1.38. The summed E-state index contributed by atoms with van der Waals surface area (Å²) in [6.45, 7) is 2.60. The van der Waals surface area contributed by atoms with Gasteiger partial charge in [0, 0.05) is 26.2 Å². The lowest BCUT2D eigenvalue weighted by Gasteiger charge is -2.33. The second kappa shape index (κ2) is 4.27. The van der Waals surface area contributed by atoms with E-state index in [1.165, 1.54) is 7.11 Å². The molecule has 13 heavy (non-hydrogen) atoms. The first-order chi connectivity index (χ1) is 6.15. The highest BCUT2D eigenvalue weighted by atomic mass is 32.1. The Balaban J connectivity index is 2.39. The van der Waals surface area contributed by atoms with Gasteiger partial charge < -0.3 is 20.3 Å². The molecule has 0 aliphatic carbocycles. The SMILES string of the molecule is COC(=O)N1CCN(C(N)=S)CC1. The summed E-state index contributed by atoms with van der Waals surface area (Å²) < 4.78 is 4.59. The van der Waals surface area contributed by atoms with Gasteiger partial charge in [-0.25, -0.2) is 4.79 Å². The number of carbonyl (C=O) groups excluding carboxylic acids is 1. The zero-order valence-electron chi connectivity index (χ0n) is 7.52. The number of hydrogen-bond acceptors (Lipinski definition) is 3. The lowest BCUT2D eigenvalue weighted by atomic mass is 10.3. The van der Waals surface area contributed by atoms with E-state index in [-0.39, 0.29) is 6.09 Å². The van der Waals surface area contributed by atoms with Crippen molar-refractivity contribution in [3.05, 3.63) is 0 Å². The molecule has 0 spiro atoms. The molecule has 0 atom stereocenters. The fraction of sp³-hybridized carbons (Fsp3) is 0.714. The van der Waals surface area contributed by atoms with Crippen LogP contribution >= 0.6 is 12.2 Å². The molecule has 74 valence electrons. The number of methoxy groups -OCH3 is 1. The van der Waals surface area contributed by atoms with Crippen LogP contribution in [0.5, 0.6) is 0 Å². The summed E-state index contributed by atoms with van der Waals surface area (Å²) in [6.07, 6.45) is -0.289. The first-order valence-corrected chi connectivity index (χ1v) is 4.43. The van der Waals surface area contributed by atoms with Crippen LogP contribution in [0.3, 0.4) is 0 Å². The fourth-order valence-corrected chi connectivity index (χ4v) is 1.42. The average molecular weight is 203 g/mol. The molecule has 1 heterocycles. The minimum absolute atomic E-state index is 0.289. The van der Waals surface area contributed by atoms with Crippen molar-refractivity contribution in [2.24, 2.45) is 5.73 Å². The van der Waals surface area contributed by atoms with Crippen molar-refractivity contribution >= 4 is 23.4 Å². The van der Waals surface area contributed by atoms with Crippen LogP contribution in [0.15, 0.2) is 0 Å². The molecular weight excluding hydrogens is 190 g/mol. The molecule has 5 nitrogen and oxygen atoms in total. The molecule has 1 amide bonds. The number of nitrogens with zero attached hydrogens (tertiary/aromatic N) is 2. The van der Waals surface area contributed by atoms with Crippen LogP contribution in [0.25, 0.3) is 0 Å². The Labute approximate surface area is 82.4 Å². The maximum Gasteiger partial charge on any atom is 0.409 e. The Morgan fingerprint density at radius 2 is 1.77 bits per heavy atom. The number of nitrogens with two attached hydrogens (primary N) is 1. The summed E-state index contributed by atoms with van der Waals surface area (Å²) in [5, 5.41) is 0.393. The number of ether oxygens (including phenoxy) is 1. The van der Waals surface area contributed by atoms with Crippen LogP contribution in [0, 0.1) is 0 Å². The third-order valence-corrected chi connectivity index (χ3v) is 2.28. The van der Waals surface area contributed by atoms with Crippen molar-refractivity contribution < 1.29 is 9.53 Å². The third-order valence-electron chi connectivity index (χ3n) is 2.02. The summed E-state index contributed by atoms with van der Waals surface area (Å²) in [6, 6.07) is 0. The molecule has 1 aliphatic heterocycles. The molecule has 6 heteroatoms. The number of piperazine rings is 1. The Morgan fingerprint density at radius 3 is 2.15 bits per heavy atom. The van der Waals surface area contributed by atoms with Gasteiger partial charge in [0.15, 0.2) is 5.11 Å². The van der Waals surface area contributed by atoms with Gasteiger partial charge in [-0.15, -0.1) is 0 Å². The van der Waals surface area contributed by atoms with Gasteiger partial charge in [-0.2, -0.15) is 0 Å². The fourth-order valence-electron chi connectivity index (χ4n) is 1.24. The molecule has 2 N–H and O–H groups in total. The van der Waals surface area contributed by atoms with Gasteiger partial charge >= 0.3 is 6.09 Å². The largest absolute Gasteiger partial charge is 0.453 e. The quantitative estimate of drug-likeness (QED) is 0.544. The van der Waals surface area contributed by atoms with E-state index in [4.69, 9.17) is 18.0 Å². The topological polar surface area (TPSA) is 58.8 Å². The van der Waals surface area contributed by atoms with Crippen molar-refractivity contribution in [3.63, 3.8) is 0 Å². The lowest BCUT2D eigenvalue weighted by molar-refractivity contribution is 0.106. The summed E-state index contributed by atoms with van der Waals surface area (Å²) in [5.74, 6) is 0. The van der Waals surface area contributed by atoms with E-state index >= 15 is 0 Å². The third kappa shape index (κ3) is 2.45. The highest BCUT2D eigenvalue weighted by Gasteiger charge is 2.21. The van der Waals surface area contributed by atoms with Crippen molar-refractivity contribution in [1.82, 2.24) is 9.80 Å². The van der Waals surface area contributed by atoms with Crippen LogP contribution in [-0.2, 0) is 4.74 Å². The molecule has 1 saturated heterocycles. The van der Waals surface area contributed by atoms with E-state index in [0.717, 1.165) is 0 Å². The predicted molar refractivity (Wildman–Crippen MR) is 52.3 cm³/mol. The van der Waals surface area contributed by atoms with Crippen molar-refractivity contribution in [1.29, 1.82) is 0 Å². The zero-order valence-corrected chi connectivity index (χ0v) is 8.34. The molecular formula is C7H13N3O2S. The molecule has 0 saturated carbocycles. The van der Waals surface area contributed by atoms with Crippen molar-refractivity contribution in [2.75, 3.05) is 33.3 Å². The summed E-state index contributed by atoms with van der Waals surface area (Å²) in [5.41, 5.74) is 5.44. The second-order valence-electron chi connectivity index (χ2n) is 2.78. The Morgan fingerprint density at radius 1 is 1.31 bits per heavy atom. The van der Waals surface area contributed by atoms with Crippen LogP contribution in [0.2, 0.25) is 0 Å². The highest BCUT2D eigenvalue weighted by molar-refractivity contribution is 7.80. The standard InChI is InChI=1S/C7H13N3O2S/c1-12-7(11)10-4-2-9(3-5-10)6(8)13/h2-5H2,1H3,(H2,8,13). The molecule has 0 bridgehead atoms. The first-order valence-electron chi connectivity index (χ1n) is 4.02. The Hall–Kier alpha value is -1.04. The zero-order chi connectivity index (χ0) is 9.84.